The standard InChI is InChI=1S/C9H21NO/c1-6-11-8-9(2,3)7-10(4)5/h6-8H2,1-5H3. The molecule has 0 N–H and O–H groups in total. The number of nitrogens with zero attached hydrogens (tertiary/aromatic N) is 1. The monoisotopic (exact) mass is 159 g/mol. The van der Waals surface area contributed by atoms with Gasteiger partial charge in [-0.2, -0.15) is 0 Å². The van der Waals surface area contributed by atoms with E-state index in [2.05, 4.69) is 32.8 Å². The summed E-state index contributed by atoms with van der Waals surface area (Å²) in [7, 11) is 4.18. The summed E-state index contributed by atoms with van der Waals surface area (Å²) in [5.74, 6) is 0. The van der Waals surface area contributed by atoms with Crippen molar-refractivity contribution in [2.45, 2.75) is 20.8 Å². The third-order valence-electron chi connectivity index (χ3n) is 1.44. The molecule has 0 unspecified atom stereocenters. The zero-order valence-electron chi connectivity index (χ0n) is 8.48. The minimum Gasteiger partial charge on any atom is -0.381 e. The first kappa shape index (κ1) is 10.9. The highest BCUT2D eigenvalue weighted by molar-refractivity contribution is 4.70. The molecule has 2 nitrogen and oxygen atoms in total. The van der Waals surface area contributed by atoms with Gasteiger partial charge < -0.3 is 9.64 Å². The third-order valence-corrected chi connectivity index (χ3v) is 1.44. The molecule has 0 bridgehead atoms. The molecular formula is C9H21NO. The van der Waals surface area contributed by atoms with Crippen molar-refractivity contribution < 1.29 is 4.74 Å². The van der Waals surface area contributed by atoms with Gasteiger partial charge in [-0.3, -0.25) is 0 Å². The van der Waals surface area contributed by atoms with Gasteiger partial charge in [-0.25, -0.2) is 0 Å². The maximum Gasteiger partial charge on any atom is 0.0529 e. The molecule has 0 radical (unpaired) electrons. The predicted molar refractivity (Wildman–Crippen MR) is 48.8 cm³/mol. The van der Waals surface area contributed by atoms with Crippen molar-refractivity contribution >= 4 is 0 Å². The molecule has 2 heteroatoms. The lowest BCUT2D eigenvalue weighted by molar-refractivity contribution is 0.0556. The zero-order valence-corrected chi connectivity index (χ0v) is 8.48. The molecule has 0 fully saturated rings. The highest BCUT2D eigenvalue weighted by Gasteiger charge is 2.18. The smallest absolute Gasteiger partial charge is 0.0529 e. The summed E-state index contributed by atoms with van der Waals surface area (Å²) in [6.07, 6.45) is 0. The normalized spacial score (nSPS) is 12.5. The molecule has 0 heterocycles. The molecule has 0 rings (SSSR count). The summed E-state index contributed by atoms with van der Waals surface area (Å²) < 4.78 is 5.37. The van der Waals surface area contributed by atoms with Gasteiger partial charge in [0.15, 0.2) is 0 Å². The Kier molecular flexibility index (Phi) is 4.69. The van der Waals surface area contributed by atoms with Crippen LogP contribution < -0.4 is 0 Å². The molecule has 68 valence electrons. The maximum atomic E-state index is 5.37. The Morgan fingerprint density at radius 2 is 1.82 bits per heavy atom. The van der Waals surface area contributed by atoms with Gasteiger partial charge in [0.1, 0.15) is 0 Å². The van der Waals surface area contributed by atoms with Crippen molar-refractivity contribution in [2.75, 3.05) is 33.9 Å². The summed E-state index contributed by atoms with van der Waals surface area (Å²) in [5, 5.41) is 0. The topological polar surface area (TPSA) is 12.5 Å². The van der Waals surface area contributed by atoms with Gasteiger partial charge in [0.05, 0.1) is 6.61 Å². The van der Waals surface area contributed by atoms with Crippen molar-refractivity contribution in [2.24, 2.45) is 5.41 Å². The quantitative estimate of drug-likeness (QED) is 0.604. The van der Waals surface area contributed by atoms with Crippen LogP contribution in [0.1, 0.15) is 20.8 Å². The van der Waals surface area contributed by atoms with Gasteiger partial charge >= 0.3 is 0 Å². The molecular weight excluding hydrogens is 138 g/mol. The van der Waals surface area contributed by atoms with E-state index in [1.807, 2.05) is 6.92 Å². The Balaban J connectivity index is 3.61. The lowest BCUT2D eigenvalue weighted by Gasteiger charge is -2.27. The lowest BCUT2D eigenvalue weighted by atomic mass is 9.94. The average Bonchev–Trinajstić information content (AvgIpc) is 1.81. The molecule has 0 amide bonds. The first-order valence-electron chi connectivity index (χ1n) is 4.20. The first-order chi connectivity index (χ1) is 4.98. The van der Waals surface area contributed by atoms with Crippen LogP contribution in [0, 0.1) is 5.41 Å². The second kappa shape index (κ2) is 4.73. The van der Waals surface area contributed by atoms with Gasteiger partial charge in [-0.15, -0.1) is 0 Å². The van der Waals surface area contributed by atoms with E-state index in [0.717, 1.165) is 19.8 Å². The number of rotatable bonds is 5. The molecule has 0 atom stereocenters. The predicted octanol–water partition coefficient (Wildman–Crippen LogP) is 1.61. The van der Waals surface area contributed by atoms with E-state index in [1.165, 1.54) is 0 Å². The van der Waals surface area contributed by atoms with E-state index in [-0.39, 0.29) is 5.41 Å². The van der Waals surface area contributed by atoms with Crippen molar-refractivity contribution in [3.63, 3.8) is 0 Å². The summed E-state index contributed by atoms with van der Waals surface area (Å²) in [6.45, 7) is 9.22. The Morgan fingerprint density at radius 3 is 2.18 bits per heavy atom. The second-order valence-corrected chi connectivity index (χ2v) is 4.04. The van der Waals surface area contributed by atoms with E-state index >= 15 is 0 Å². The Labute approximate surface area is 70.5 Å². The summed E-state index contributed by atoms with van der Waals surface area (Å²) in [4.78, 5) is 2.19. The molecule has 0 aliphatic carbocycles. The molecule has 0 aromatic heterocycles. The van der Waals surface area contributed by atoms with Gasteiger partial charge in [0.2, 0.25) is 0 Å². The van der Waals surface area contributed by atoms with E-state index < -0.39 is 0 Å². The summed E-state index contributed by atoms with van der Waals surface area (Å²) in [6, 6.07) is 0. The van der Waals surface area contributed by atoms with Crippen LogP contribution in [0.3, 0.4) is 0 Å². The minimum absolute atomic E-state index is 0.277. The molecule has 0 aromatic rings. The largest absolute Gasteiger partial charge is 0.381 e. The molecule has 0 aliphatic rings. The first-order valence-corrected chi connectivity index (χ1v) is 4.20. The average molecular weight is 159 g/mol. The Hall–Kier alpha value is -0.0800. The SMILES string of the molecule is CCOCC(C)(C)CN(C)C. The van der Waals surface area contributed by atoms with Crippen LogP contribution in [0.4, 0.5) is 0 Å². The van der Waals surface area contributed by atoms with Crippen LogP contribution in [0.5, 0.6) is 0 Å². The van der Waals surface area contributed by atoms with Gasteiger partial charge in [0, 0.05) is 18.6 Å². The van der Waals surface area contributed by atoms with Crippen LogP contribution >= 0.6 is 0 Å². The van der Waals surface area contributed by atoms with Crippen LogP contribution in [0.25, 0.3) is 0 Å². The zero-order chi connectivity index (χ0) is 8.91. The van der Waals surface area contributed by atoms with Crippen molar-refractivity contribution in [3.05, 3.63) is 0 Å². The van der Waals surface area contributed by atoms with Crippen LogP contribution in [-0.4, -0.2) is 38.8 Å². The van der Waals surface area contributed by atoms with Gasteiger partial charge in [-0.05, 0) is 21.0 Å². The van der Waals surface area contributed by atoms with Crippen LogP contribution in [-0.2, 0) is 4.74 Å². The molecule has 0 aromatic carbocycles. The van der Waals surface area contributed by atoms with E-state index in [1.54, 1.807) is 0 Å². The third kappa shape index (κ3) is 6.32. The van der Waals surface area contributed by atoms with E-state index in [4.69, 9.17) is 4.74 Å². The van der Waals surface area contributed by atoms with Crippen LogP contribution in [0.2, 0.25) is 0 Å². The number of ether oxygens (including phenoxy) is 1. The Morgan fingerprint density at radius 1 is 1.27 bits per heavy atom. The van der Waals surface area contributed by atoms with Crippen molar-refractivity contribution in [3.8, 4) is 0 Å². The molecule has 0 saturated carbocycles. The lowest BCUT2D eigenvalue weighted by Crippen LogP contribution is -2.32. The highest BCUT2D eigenvalue weighted by Crippen LogP contribution is 2.15. The minimum atomic E-state index is 0.277. The summed E-state index contributed by atoms with van der Waals surface area (Å²) >= 11 is 0. The van der Waals surface area contributed by atoms with Gasteiger partial charge in [-0.1, -0.05) is 13.8 Å². The highest BCUT2D eigenvalue weighted by atomic mass is 16.5. The molecule has 11 heavy (non-hydrogen) atoms. The number of hydrogen-bond donors (Lipinski definition) is 0. The van der Waals surface area contributed by atoms with E-state index in [0.29, 0.717) is 0 Å². The van der Waals surface area contributed by atoms with Crippen LogP contribution in [0.15, 0.2) is 0 Å². The molecule has 0 spiro atoms. The van der Waals surface area contributed by atoms with Gasteiger partial charge in [0.25, 0.3) is 0 Å². The number of hydrogen-bond acceptors (Lipinski definition) is 2. The molecule has 0 aliphatic heterocycles. The molecule has 0 saturated heterocycles. The van der Waals surface area contributed by atoms with Crippen molar-refractivity contribution in [1.82, 2.24) is 4.90 Å². The fraction of sp³-hybridized carbons (Fsp3) is 1.00. The fourth-order valence-corrected chi connectivity index (χ4v) is 1.28. The summed E-state index contributed by atoms with van der Waals surface area (Å²) in [5.41, 5.74) is 0.277. The Bertz CT molecular complexity index is 99.7. The van der Waals surface area contributed by atoms with E-state index in [9.17, 15) is 0 Å². The maximum absolute atomic E-state index is 5.37. The fourth-order valence-electron chi connectivity index (χ4n) is 1.28. The van der Waals surface area contributed by atoms with Crippen molar-refractivity contribution in [1.29, 1.82) is 0 Å². The second-order valence-electron chi connectivity index (χ2n) is 4.04.